The van der Waals surface area contributed by atoms with E-state index in [1.807, 2.05) is 0 Å². The van der Waals surface area contributed by atoms with Gasteiger partial charge in [-0.05, 0) is 37.1 Å². The van der Waals surface area contributed by atoms with E-state index in [4.69, 9.17) is 23.2 Å². The number of carbonyl (C=O) groups is 2. The van der Waals surface area contributed by atoms with Crippen LogP contribution in [0.15, 0.2) is 42.5 Å². The first-order chi connectivity index (χ1) is 13.3. The molecule has 2 aromatic rings. The second kappa shape index (κ2) is 8.45. The van der Waals surface area contributed by atoms with Gasteiger partial charge in [0.15, 0.2) is 0 Å². The van der Waals surface area contributed by atoms with Crippen LogP contribution in [0.5, 0.6) is 0 Å². The normalized spacial score (nSPS) is 15.9. The minimum atomic E-state index is -0.686. The van der Waals surface area contributed by atoms with E-state index in [0.29, 0.717) is 35.1 Å². The second-order valence-electron chi connectivity index (χ2n) is 6.20. The molecule has 1 saturated heterocycles. The van der Waals surface area contributed by atoms with Crippen molar-refractivity contribution in [2.24, 2.45) is 0 Å². The zero-order chi connectivity index (χ0) is 20.3. The van der Waals surface area contributed by atoms with Crippen molar-refractivity contribution in [1.82, 2.24) is 4.90 Å². The van der Waals surface area contributed by atoms with Crippen LogP contribution < -0.4 is 10.6 Å². The van der Waals surface area contributed by atoms with Crippen LogP contribution in [0.2, 0.25) is 10.0 Å². The average Bonchev–Trinajstić information content (AvgIpc) is 3.15. The van der Waals surface area contributed by atoms with Crippen molar-refractivity contribution in [3.8, 4) is 0 Å². The molecule has 3 rings (SSSR count). The number of carbonyl (C=O) groups excluding carboxylic acids is 2. The first-order valence-corrected chi connectivity index (χ1v) is 9.19. The van der Waals surface area contributed by atoms with Gasteiger partial charge in [0.05, 0.1) is 15.6 Å². The fourth-order valence-corrected chi connectivity index (χ4v) is 3.32. The summed E-state index contributed by atoms with van der Waals surface area (Å²) in [5, 5.41) is 16.9. The lowest BCUT2D eigenvalue weighted by atomic mass is 10.2. The van der Waals surface area contributed by atoms with Crippen LogP contribution in [0, 0.1) is 10.1 Å². The molecule has 0 bridgehead atoms. The molecular weight excluding hydrogens is 407 g/mol. The van der Waals surface area contributed by atoms with E-state index in [-0.39, 0.29) is 17.3 Å². The lowest BCUT2D eigenvalue weighted by Gasteiger charge is -2.24. The highest BCUT2D eigenvalue weighted by Gasteiger charge is 2.34. The summed E-state index contributed by atoms with van der Waals surface area (Å²) >= 11 is 12.0. The highest BCUT2D eigenvalue weighted by atomic mass is 35.5. The quantitative estimate of drug-likeness (QED) is 0.557. The summed E-state index contributed by atoms with van der Waals surface area (Å²) in [7, 11) is 0. The third kappa shape index (κ3) is 4.52. The molecule has 8 nitrogen and oxygen atoms in total. The van der Waals surface area contributed by atoms with Crippen LogP contribution in [0.4, 0.5) is 21.9 Å². The van der Waals surface area contributed by atoms with Gasteiger partial charge >= 0.3 is 6.03 Å². The first-order valence-electron chi connectivity index (χ1n) is 8.43. The number of nitro benzene ring substituents is 1. The molecule has 0 radical (unpaired) electrons. The van der Waals surface area contributed by atoms with Gasteiger partial charge in [0.2, 0.25) is 5.91 Å². The third-order valence-electron chi connectivity index (χ3n) is 4.31. The molecule has 1 heterocycles. The van der Waals surface area contributed by atoms with Gasteiger partial charge in [-0.25, -0.2) is 4.79 Å². The summed E-state index contributed by atoms with van der Waals surface area (Å²) in [6, 6.07) is 9.12. The summed E-state index contributed by atoms with van der Waals surface area (Å²) in [4.78, 5) is 37.0. The number of nitrogens with one attached hydrogen (secondary N) is 2. The standard InChI is InChI=1S/C18H16Cl2N4O4/c19-11-6-7-14(20)15(9-11)22-17(25)16-5-2-8-23(16)18(26)21-12-3-1-4-13(10-12)24(27)28/h1,3-4,6-7,9-10,16H,2,5,8H2,(H,21,26)(H,22,25). The van der Waals surface area contributed by atoms with E-state index < -0.39 is 17.0 Å². The molecule has 1 unspecified atom stereocenters. The van der Waals surface area contributed by atoms with E-state index >= 15 is 0 Å². The van der Waals surface area contributed by atoms with Crippen molar-refractivity contribution in [3.63, 3.8) is 0 Å². The lowest BCUT2D eigenvalue weighted by molar-refractivity contribution is -0.384. The van der Waals surface area contributed by atoms with Gasteiger partial charge < -0.3 is 15.5 Å². The molecule has 2 N–H and O–H groups in total. The number of benzene rings is 2. The van der Waals surface area contributed by atoms with Gasteiger partial charge in [-0.2, -0.15) is 0 Å². The Balaban J connectivity index is 1.70. The Bertz CT molecular complexity index is 938. The number of anilines is 2. The molecular formula is C18H16Cl2N4O4. The summed E-state index contributed by atoms with van der Waals surface area (Å²) in [6.07, 6.45) is 1.15. The first kappa shape index (κ1) is 19.9. The van der Waals surface area contributed by atoms with Crippen molar-refractivity contribution >= 4 is 52.2 Å². The SMILES string of the molecule is O=C(Nc1cc(Cl)ccc1Cl)C1CCCN1C(=O)Nc1cccc([N+](=O)[O-])c1. The summed E-state index contributed by atoms with van der Waals surface area (Å²) < 4.78 is 0. The van der Waals surface area contributed by atoms with Gasteiger partial charge in [-0.3, -0.25) is 14.9 Å². The molecule has 1 fully saturated rings. The fourth-order valence-electron chi connectivity index (χ4n) is 2.98. The van der Waals surface area contributed by atoms with Crippen molar-refractivity contribution in [2.75, 3.05) is 17.2 Å². The van der Waals surface area contributed by atoms with Crippen molar-refractivity contribution in [1.29, 1.82) is 0 Å². The number of hydrogen-bond acceptors (Lipinski definition) is 4. The van der Waals surface area contributed by atoms with Crippen LogP contribution in [-0.2, 0) is 4.79 Å². The lowest BCUT2D eigenvalue weighted by Crippen LogP contribution is -2.45. The maximum atomic E-state index is 12.7. The van der Waals surface area contributed by atoms with E-state index in [9.17, 15) is 19.7 Å². The second-order valence-corrected chi connectivity index (χ2v) is 7.05. The Morgan fingerprint density at radius 1 is 1.14 bits per heavy atom. The average molecular weight is 423 g/mol. The van der Waals surface area contributed by atoms with E-state index in [0.717, 1.165) is 0 Å². The number of amides is 3. The third-order valence-corrected chi connectivity index (χ3v) is 4.88. The Morgan fingerprint density at radius 3 is 2.68 bits per heavy atom. The smallest absolute Gasteiger partial charge is 0.322 e. The maximum absolute atomic E-state index is 12.7. The summed E-state index contributed by atoms with van der Waals surface area (Å²) in [6.45, 7) is 0.391. The number of urea groups is 1. The predicted molar refractivity (Wildman–Crippen MR) is 107 cm³/mol. The summed E-state index contributed by atoms with van der Waals surface area (Å²) in [5.74, 6) is -0.379. The fraction of sp³-hybridized carbons (Fsp3) is 0.222. The molecule has 0 aliphatic carbocycles. The Labute approximate surface area is 170 Å². The Kier molecular flexibility index (Phi) is 6.01. The molecule has 2 aromatic carbocycles. The largest absolute Gasteiger partial charge is 0.323 e. The molecule has 1 atom stereocenters. The Hall–Kier alpha value is -2.84. The molecule has 3 amide bonds. The van der Waals surface area contributed by atoms with Crippen molar-refractivity contribution in [2.45, 2.75) is 18.9 Å². The van der Waals surface area contributed by atoms with Gasteiger partial charge in [0.1, 0.15) is 6.04 Å². The molecule has 0 aromatic heterocycles. The number of rotatable bonds is 4. The monoisotopic (exact) mass is 422 g/mol. The minimum Gasteiger partial charge on any atom is -0.323 e. The van der Waals surface area contributed by atoms with Crippen LogP contribution in [0.25, 0.3) is 0 Å². The van der Waals surface area contributed by atoms with E-state index in [2.05, 4.69) is 10.6 Å². The number of halogens is 2. The number of nitro groups is 1. The molecule has 1 aliphatic heterocycles. The molecule has 0 saturated carbocycles. The number of nitrogens with zero attached hydrogens (tertiary/aromatic N) is 2. The zero-order valence-corrected chi connectivity index (χ0v) is 16.0. The molecule has 146 valence electrons. The summed E-state index contributed by atoms with van der Waals surface area (Å²) in [5.41, 5.74) is 0.511. The van der Waals surface area contributed by atoms with Gasteiger partial charge in [0, 0.05) is 29.4 Å². The predicted octanol–water partition coefficient (Wildman–Crippen LogP) is 4.54. The van der Waals surface area contributed by atoms with Crippen molar-refractivity contribution < 1.29 is 14.5 Å². The Morgan fingerprint density at radius 2 is 1.93 bits per heavy atom. The van der Waals surface area contributed by atoms with Crippen molar-refractivity contribution in [3.05, 3.63) is 62.6 Å². The molecule has 0 spiro atoms. The topological polar surface area (TPSA) is 105 Å². The highest BCUT2D eigenvalue weighted by molar-refractivity contribution is 6.35. The number of hydrogen-bond donors (Lipinski definition) is 2. The van der Waals surface area contributed by atoms with Gasteiger partial charge in [0.25, 0.3) is 5.69 Å². The maximum Gasteiger partial charge on any atom is 0.322 e. The number of likely N-dealkylation sites (tertiary alicyclic amines) is 1. The van der Waals surface area contributed by atoms with Crippen LogP contribution in [0.3, 0.4) is 0 Å². The zero-order valence-electron chi connectivity index (χ0n) is 14.5. The van der Waals surface area contributed by atoms with E-state index in [1.54, 1.807) is 18.2 Å². The molecule has 1 aliphatic rings. The van der Waals surface area contributed by atoms with Gasteiger partial charge in [-0.1, -0.05) is 29.3 Å². The molecule has 28 heavy (non-hydrogen) atoms. The van der Waals surface area contributed by atoms with Gasteiger partial charge in [-0.15, -0.1) is 0 Å². The number of non-ortho nitro benzene ring substituents is 1. The van der Waals surface area contributed by atoms with Crippen LogP contribution in [-0.4, -0.2) is 34.3 Å². The van der Waals surface area contributed by atoms with Crippen LogP contribution in [0.1, 0.15) is 12.8 Å². The van der Waals surface area contributed by atoms with Crippen LogP contribution >= 0.6 is 23.2 Å². The highest BCUT2D eigenvalue weighted by Crippen LogP contribution is 2.27. The van der Waals surface area contributed by atoms with E-state index in [1.165, 1.54) is 29.2 Å². The minimum absolute atomic E-state index is 0.135. The molecule has 10 heteroatoms.